The Morgan fingerprint density at radius 3 is 2.62 bits per heavy atom. The lowest BCUT2D eigenvalue weighted by atomic mass is 10.0. The number of carbonyl (C=O) groups is 1. The lowest BCUT2D eigenvalue weighted by Crippen LogP contribution is -2.48. The quantitative estimate of drug-likeness (QED) is 0.683. The van der Waals surface area contributed by atoms with E-state index in [0.29, 0.717) is 13.1 Å². The number of aromatic nitrogens is 2. The topological polar surface area (TPSA) is 66.3 Å². The first-order chi connectivity index (χ1) is 6.27. The first-order valence-corrected chi connectivity index (χ1v) is 4.02. The summed E-state index contributed by atoms with van der Waals surface area (Å²) in [5.41, 5.74) is 0. The molecule has 0 aliphatic carbocycles. The third-order valence-corrected chi connectivity index (χ3v) is 2.10. The lowest BCUT2D eigenvalue weighted by molar-refractivity contribution is 0.103. The first-order valence-electron chi connectivity index (χ1n) is 4.02. The number of hydrogen-bond donors (Lipinski definition) is 1. The minimum absolute atomic E-state index is 0.178. The fraction of sp³-hybridized carbons (Fsp3) is 0.375. The third kappa shape index (κ3) is 1.44. The van der Waals surface area contributed by atoms with Crippen molar-refractivity contribution in [2.24, 2.45) is 0 Å². The van der Waals surface area contributed by atoms with E-state index < -0.39 is 6.09 Å². The van der Waals surface area contributed by atoms with Crippen LogP contribution in [0.4, 0.5) is 4.79 Å². The Hall–Kier alpha value is -1.65. The van der Waals surface area contributed by atoms with Gasteiger partial charge in [-0.15, -0.1) is 0 Å². The highest BCUT2D eigenvalue weighted by Gasteiger charge is 2.33. The van der Waals surface area contributed by atoms with Gasteiger partial charge < -0.3 is 10.0 Å². The Labute approximate surface area is 75.0 Å². The maximum atomic E-state index is 10.4. The summed E-state index contributed by atoms with van der Waals surface area (Å²) in [4.78, 5) is 19.9. The zero-order valence-electron chi connectivity index (χ0n) is 6.92. The van der Waals surface area contributed by atoms with Crippen LogP contribution in [0.3, 0.4) is 0 Å². The van der Waals surface area contributed by atoms with Crippen molar-refractivity contribution < 1.29 is 9.90 Å². The second-order valence-electron chi connectivity index (χ2n) is 2.99. The lowest BCUT2D eigenvalue weighted by Gasteiger charge is -2.35. The molecule has 0 aromatic carbocycles. The Morgan fingerprint density at radius 1 is 1.46 bits per heavy atom. The Bertz CT molecular complexity index is 308. The minimum atomic E-state index is -0.868. The normalized spacial score (nSPS) is 16.8. The minimum Gasteiger partial charge on any atom is -0.465 e. The number of hydrogen-bond acceptors (Lipinski definition) is 3. The molecule has 68 valence electrons. The van der Waals surface area contributed by atoms with Crippen molar-refractivity contribution in [3.05, 3.63) is 24.3 Å². The first kappa shape index (κ1) is 7.97. The summed E-state index contributed by atoms with van der Waals surface area (Å²) in [6, 6.07) is 1.75. The van der Waals surface area contributed by atoms with E-state index in [1.807, 2.05) is 0 Å². The van der Waals surface area contributed by atoms with Crippen LogP contribution in [0, 0.1) is 0 Å². The van der Waals surface area contributed by atoms with E-state index in [-0.39, 0.29) is 5.92 Å². The summed E-state index contributed by atoms with van der Waals surface area (Å²) < 4.78 is 0. The van der Waals surface area contributed by atoms with E-state index in [1.165, 1.54) is 4.90 Å². The highest BCUT2D eigenvalue weighted by atomic mass is 16.4. The van der Waals surface area contributed by atoms with Crippen LogP contribution in [0.15, 0.2) is 18.5 Å². The van der Waals surface area contributed by atoms with Gasteiger partial charge in [0.1, 0.15) is 5.82 Å². The molecule has 5 nitrogen and oxygen atoms in total. The van der Waals surface area contributed by atoms with Gasteiger partial charge in [-0.25, -0.2) is 14.8 Å². The van der Waals surface area contributed by atoms with Crippen LogP contribution >= 0.6 is 0 Å². The highest BCUT2D eigenvalue weighted by molar-refractivity contribution is 5.66. The molecule has 1 saturated heterocycles. The molecule has 1 aliphatic heterocycles. The molecule has 0 saturated carbocycles. The van der Waals surface area contributed by atoms with Gasteiger partial charge in [0.25, 0.3) is 0 Å². The van der Waals surface area contributed by atoms with Gasteiger partial charge in [0.2, 0.25) is 0 Å². The largest absolute Gasteiger partial charge is 0.465 e. The molecule has 1 aliphatic rings. The fourth-order valence-corrected chi connectivity index (χ4v) is 1.32. The average molecular weight is 179 g/mol. The second kappa shape index (κ2) is 3.01. The zero-order valence-corrected chi connectivity index (χ0v) is 6.92. The third-order valence-electron chi connectivity index (χ3n) is 2.10. The molecule has 1 aromatic heterocycles. The molecule has 1 N–H and O–H groups in total. The van der Waals surface area contributed by atoms with Crippen molar-refractivity contribution in [2.45, 2.75) is 5.92 Å². The van der Waals surface area contributed by atoms with Crippen molar-refractivity contribution in [1.29, 1.82) is 0 Å². The Morgan fingerprint density at radius 2 is 2.08 bits per heavy atom. The summed E-state index contributed by atoms with van der Waals surface area (Å²) in [5.74, 6) is 0.914. The maximum absolute atomic E-state index is 10.4. The fourth-order valence-electron chi connectivity index (χ4n) is 1.32. The number of amides is 1. The van der Waals surface area contributed by atoms with Gasteiger partial charge in [-0.3, -0.25) is 0 Å². The highest BCUT2D eigenvalue weighted by Crippen LogP contribution is 2.23. The van der Waals surface area contributed by atoms with Crippen LogP contribution in [0.5, 0.6) is 0 Å². The van der Waals surface area contributed by atoms with Gasteiger partial charge in [-0.05, 0) is 6.07 Å². The molecule has 1 fully saturated rings. The number of carboxylic acid groups (broad SMARTS) is 1. The number of likely N-dealkylation sites (tertiary alicyclic amines) is 1. The van der Waals surface area contributed by atoms with Crippen LogP contribution in [-0.2, 0) is 0 Å². The predicted molar refractivity (Wildman–Crippen MR) is 44.4 cm³/mol. The summed E-state index contributed by atoms with van der Waals surface area (Å²) >= 11 is 0. The maximum Gasteiger partial charge on any atom is 0.407 e. The zero-order chi connectivity index (χ0) is 9.26. The molecule has 0 unspecified atom stereocenters. The molecular formula is C8H9N3O2. The molecule has 1 amide bonds. The molecule has 0 bridgehead atoms. The molecule has 0 atom stereocenters. The Balaban J connectivity index is 1.98. The van der Waals surface area contributed by atoms with Gasteiger partial charge in [-0.2, -0.15) is 0 Å². The molecule has 0 spiro atoms. The van der Waals surface area contributed by atoms with Crippen molar-refractivity contribution in [3.8, 4) is 0 Å². The molecule has 2 rings (SSSR count). The molecular weight excluding hydrogens is 170 g/mol. The SMILES string of the molecule is O=C(O)N1CC(c2ncccn2)C1. The standard InChI is InChI=1S/C8H9N3O2/c12-8(13)11-4-6(5-11)7-9-2-1-3-10-7/h1-3,6H,4-5H2,(H,12,13). The molecule has 0 radical (unpaired) electrons. The summed E-state index contributed by atoms with van der Waals surface area (Å²) in [7, 11) is 0. The van der Waals surface area contributed by atoms with Gasteiger partial charge in [0.15, 0.2) is 0 Å². The van der Waals surface area contributed by atoms with Gasteiger partial charge in [0, 0.05) is 25.5 Å². The van der Waals surface area contributed by atoms with Crippen LogP contribution in [-0.4, -0.2) is 39.2 Å². The monoisotopic (exact) mass is 179 g/mol. The predicted octanol–water partition coefficient (Wildman–Crippen LogP) is 0.554. The van der Waals surface area contributed by atoms with Gasteiger partial charge in [-0.1, -0.05) is 0 Å². The van der Waals surface area contributed by atoms with Crippen molar-refractivity contribution in [2.75, 3.05) is 13.1 Å². The molecule has 5 heteroatoms. The van der Waals surface area contributed by atoms with Crippen LogP contribution in [0.25, 0.3) is 0 Å². The summed E-state index contributed by atoms with van der Waals surface area (Å²) in [6.45, 7) is 1.03. The van der Waals surface area contributed by atoms with E-state index >= 15 is 0 Å². The molecule has 2 heterocycles. The molecule has 13 heavy (non-hydrogen) atoms. The van der Waals surface area contributed by atoms with Gasteiger partial charge in [0.05, 0.1) is 5.92 Å². The van der Waals surface area contributed by atoms with E-state index in [4.69, 9.17) is 5.11 Å². The van der Waals surface area contributed by atoms with E-state index in [0.717, 1.165) is 5.82 Å². The smallest absolute Gasteiger partial charge is 0.407 e. The number of nitrogens with zero attached hydrogens (tertiary/aromatic N) is 3. The van der Waals surface area contributed by atoms with E-state index in [2.05, 4.69) is 9.97 Å². The van der Waals surface area contributed by atoms with Crippen LogP contribution < -0.4 is 0 Å². The van der Waals surface area contributed by atoms with Gasteiger partial charge >= 0.3 is 6.09 Å². The number of rotatable bonds is 1. The van der Waals surface area contributed by atoms with E-state index in [9.17, 15) is 4.79 Å². The van der Waals surface area contributed by atoms with Crippen LogP contribution in [0.1, 0.15) is 11.7 Å². The molecule has 1 aromatic rings. The summed E-state index contributed by atoms with van der Waals surface area (Å²) in [5, 5.41) is 8.58. The van der Waals surface area contributed by atoms with Crippen molar-refractivity contribution in [1.82, 2.24) is 14.9 Å². The summed E-state index contributed by atoms with van der Waals surface area (Å²) in [6.07, 6.45) is 2.48. The van der Waals surface area contributed by atoms with E-state index in [1.54, 1.807) is 18.5 Å². The second-order valence-corrected chi connectivity index (χ2v) is 2.99. The van der Waals surface area contributed by atoms with Crippen molar-refractivity contribution >= 4 is 6.09 Å². The average Bonchev–Trinajstić information content (AvgIpc) is 2.02. The van der Waals surface area contributed by atoms with Crippen molar-refractivity contribution in [3.63, 3.8) is 0 Å². The Kier molecular flexibility index (Phi) is 1.84. The van der Waals surface area contributed by atoms with Crippen LogP contribution in [0.2, 0.25) is 0 Å².